The van der Waals surface area contributed by atoms with Gasteiger partial charge in [-0.2, -0.15) is 9.97 Å². The number of nitrogen functional groups attached to an aromatic ring is 1. The van der Waals surface area contributed by atoms with Crippen LogP contribution >= 0.6 is 0 Å². The van der Waals surface area contributed by atoms with Gasteiger partial charge in [0.1, 0.15) is 11.6 Å². The second kappa shape index (κ2) is 5.74. The number of likely N-dealkylation sites (N-methyl/N-ethyl adjacent to an activating group) is 1. The molecule has 0 saturated carbocycles. The molecule has 88 valence electrons. The Balaban J connectivity index is 2.68. The molecule has 5 N–H and O–H groups in total. The molecule has 0 saturated heterocycles. The van der Waals surface area contributed by atoms with E-state index in [4.69, 9.17) is 5.73 Å². The fourth-order valence-electron chi connectivity index (χ4n) is 1.09. The Kier molecular flexibility index (Phi) is 4.31. The predicted octanol–water partition coefficient (Wildman–Crippen LogP) is -0.351. The Morgan fingerprint density at radius 1 is 1.38 bits per heavy atom. The monoisotopic (exact) mass is 224 g/mol. The second-order valence-corrected chi connectivity index (χ2v) is 3.05. The molecule has 7 nitrogen and oxygen atoms in total. The predicted molar refractivity (Wildman–Crippen MR) is 63.2 cm³/mol. The van der Waals surface area contributed by atoms with Gasteiger partial charge in [0.25, 0.3) is 0 Å². The molecule has 0 unspecified atom stereocenters. The zero-order valence-corrected chi connectivity index (χ0v) is 9.37. The third-order valence-electron chi connectivity index (χ3n) is 1.81. The molecule has 0 aliphatic carbocycles. The van der Waals surface area contributed by atoms with Crippen molar-refractivity contribution in [2.45, 2.75) is 6.92 Å². The molecule has 1 amide bonds. The van der Waals surface area contributed by atoms with Crippen LogP contribution in [0, 0.1) is 0 Å². The van der Waals surface area contributed by atoms with E-state index in [0.717, 1.165) is 6.54 Å². The zero-order chi connectivity index (χ0) is 12.0. The maximum atomic E-state index is 11.0. The first-order valence-corrected chi connectivity index (χ1v) is 4.98. The molecule has 0 aromatic carbocycles. The van der Waals surface area contributed by atoms with Crippen molar-refractivity contribution in [3.8, 4) is 0 Å². The van der Waals surface area contributed by atoms with Crippen LogP contribution in [-0.4, -0.2) is 36.0 Å². The first-order valence-electron chi connectivity index (χ1n) is 4.98. The number of nitrogens with zero attached hydrogens (tertiary/aromatic N) is 2. The van der Waals surface area contributed by atoms with Gasteiger partial charge in [0.15, 0.2) is 0 Å². The van der Waals surface area contributed by atoms with Crippen molar-refractivity contribution in [2.75, 3.05) is 36.5 Å². The third-order valence-corrected chi connectivity index (χ3v) is 1.81. The fourth-order valence-corrected chi connectivity index (χ4v) is 1.09. The lowest BCUT2D eigenvalue weighted by molar-refractivity contribution is -0.118. The molecular weight excluding hydrogens is 208 g/mol. The van der Waals surface area contributed by atoms with Crippen LogP contribution in [0.3, 0.4) is 0 Å². The van der Waals surface area contributed by atoms with Crippen LogP contribution in [0.1, 0.15) is 6.92 Å². The minimum Gasteiger partial charge on any atom is -0.370 e. The number of anilines is 3. The molecule has 1 aromatic heterocycles. The number of rotatable bonds is 5. The molecule has 1 aromatic rings. The minimum atomic E-state index is -0.123. The third kappa shape index (κ3) is 3.60. The highest BCUT2D eigenvalue weighted by molar-refractivity contribution is 5.80. The summed E-state index contributed by atoms with van der Waals surface area (Å²) in [6, 6.07) is 1.70. The summed E-state index contributed by atoms with van der Waals surface area (Å²) in [6.07, 6.45) is 0. The number of amides is 1. The molecular formula is C9H16N6O. The Labute approximate surface area is 93.8 Å². The van der Waals surface area contributed by atoms with Gasteiger partial charge in [-0.1, -0.05) is 0 Å². The molecule has 1 heterocycles. The molecule has 0 spiro atoms. The normalized spacial score (nSPS) is 9.62. The number of hydrogen-bond acceptors (Lipinski definition) is 6. The smallest absolute Gasteiger partial charge is 0.239 e. The van der Waals surface area contributed by atoms with Gasteiger partial charge >= 0.3 is 0 Å². The Morgan fingerprint density at radius 3 is 2.56 bits per heavy atom. The number of aromatic nitrogens is 2. The summed E-state index contributed by atoms with van der Waals surface area (Å²) in [5.41, 5.74) is 5.53. The zero-order valence-electron chi connectivity index (χ0n) is 9.37. The molecule has 7 heteroatoms. The van der Waals surface area contributed by atoms with Crippen molar-refractivity contribution in [2.24, 2.45) is 0 Å². The second-order valence-electron chi connectivity index (χ2n) is 3.05. The lowest BCUT2D eigenvalue weighted by Crippen LogP contribution is -2.26. The highest BCUT2D eigenvalue weighted by Crippen LogP contribution is 2.11. The summed E-state index contributed by atoms with van der Waals surface area (Å²) >= 11 is 0. The van der Waals surface area contributed by atoms with Crippen LogP contribution in [0.2, 0.25) is 0 Å². The van der Waals surface area contributed by atoms with E-state index >= 15 is 0 Å². The van der Waals surface area contributed by atoms with E-state index in [1.807, 2.05) is 6.92 Å². The summed E-state index contributed by atoms with van der Waals surface area (Å²) < 4.78 is 0. The molecule has 0 radical (unpaired) electrons. The van der Waals surface area contributed by atoms with Gasteiger partial charge in [-0.3, -0.25) is 4.79 Å². The lowest BCUT2D eigenvalue weighted by Gasteiger charge is -2.08. The maximum Gasteiger partial charge on any atom is 0.239 e. The number of nitrogens with one attached hydrogen (secondary N) is 3. The Hall–Kier alpha value is -2.05. The van der Waals surface area contributed by atoms with E-state index in [-0.39, 0.29) is 18.4 Å². The Bertz CT molecular complexity index is 367. The summed E-state index contributed by atoms with van der Waals surface area (Å²) in [4.78, 5) is 19.0. The first kappa shape index (κ1) is 12.0. The van der Waals surface area contributed by atoms with Crippen molar-refractivity contribution in [1.82, 2.24) is 15.3 Å². The fraction of sp³-hybridized carbons (Fsp3) is 0.444. The summed E-state index contributed by atoms with van der Waals surface area (Å²) in [6.45, 7) is 2.85. The van der Waals surface area contributed by atoms with Gasteiger partial charge in [-0.25, -0.2) is 0 Å². The van der Waals surface area contributed by atoms with Crippen molar-refractivity contribution >= 4 is 23.5 Å². The number of carbonyl (C=O) groups is 1. The van der Waals surface area contributed by atoms with Gasteiger partial charge < -0.3 is 21.7 Å². The van der Waals surface area contributed by atoms with Gasteiger partial charge in [0, 0.05) is 19.7 Å². The van der Waals surface area contributed by atoms with Crippen LogP contribution in [0.5, 0.6) is 0 Å². The van der Waals surface area contributed by atoms with Gasteiger partial charge in [0.05, 0.1) is 6.54 Å². The maximum absolute atomic E-state index is 11.0. The lowest BCUT2D eigenvalue weighted by atomic mass is 10.4. The first-order chi connectivity index (χ1) is 7.65. The summed E-state index contributed by atoms with van der Waals surface area (Å²) in [5, 5.41) is 8.37. The average Bonchev–Trinajstić information content (AvgIpc) is 2.25. The van der Waals surface area contributed by atoms with Crippen LogP contribution in [-0.2, 0) is 4.79 Å². The van der Waals surface area contributed by atoms with Crippen LogP contribution in [0.25, 0.3) is 0 Å². The van der Waals surface area contributed by atoms with Crippen molar-refractivity contribution in [1.29, 1.82) is 0 Å². The standard InChI is InChI=1S/C9H16N6O/c1-3-12-6-4-7(15-9(10)14-6)13-5-8(16)11-2/h4H,3,5H2,1-2H3,(H,11,16)(H4,10,12,13,14,15). The quantitative estimate of drug-likeness (QED) is 0.545. The van der Waals surface area contributed by atoms with E-state index in [9.17, 15) is 4.79 Å². The summed E-state index contributed by atoms with van der Waals surface area (Å²) in [5.74, 6) is 1.20. The number of nitrogens with two attached hydrogens (primary N) is 1. The van der Waals surface area contributed by atoms with Crippen LogP contribution in [0.4, 0.5) is 17.6 Å². The highest BCUT2D eigenvalue weighted by atomic mass is 16.1. The van der Waals surface area contributed by atoms with E-state index in [0.29, 0.717) is 11.6 Å². The van der Waals surface area contributed by atoms with Gasteiger partial charge in [-0.05, 0) is 6.92 Å². The van der Waals surface area contributed by atoms with Crippen molar-refractivity contribution < 1.29 is 4.79 Å². The molecule has 1 rings (SSSR count). The number of hydrogen-bond donors (Lipinski definition) is 4. The van der Waals surface area contributed by atoms with Crippen LogP contribution < -0.4 is 21.7 Å². The minimum absolute atomic E-state index is 0.123. The van der Waals surface area contributed by atoms with Crippen molar-refractivity contribution in [3.63, 3.8) is 0 Å². The molecule has 0 atom stereocenters. The van der Waals surface area contributed by atoms with E-state index in [2.05, 4.69) is 25.9 Å². The largest absolute Gasteiger partial charge is 0.370 e. The van der Waals surface area contributed by atoms with E-state index in [1.54, 1.807) is 13.1 Å². The molecule has 0 aliphatic rings. The highest BCUT2D eigenvalue weighted by Gasteiger charge is 2.03. The van der Waals surface area contributed by atoms with E-state index in [1.165, 1.54) is 0 Å². The topological polar surface area (TPSA) is 105 Å². The van der Waals surface area contributed by atoms with Crippen LogP contribution in [0.15, 0.2) is 6.07 Å². The molecule has 0 aliphatic heterocycles. The SMILES string of the molecule is CCNc1cc(NCC(=O)NC)nc(N)n1. The van der Waals surface area contributed by atoms with E-state index < -0.39 is 0 Å². The molecule has 16 heavy (non-hydrogen) atoms. The Morgan fingerprint density at radius 2 is 2.00 bits per heavy atom. The summed E-state index contributed by atoms with van der Waals surface area (Å²) in [7, 11) is 1.57. The van der Waals surface area contributed by atoms with Gasteiger partial charge in [-0.15, -0.1) is 0 Å². The average molecular weight is 224 g/mol. The molecule has 0 fully saturated rings. The molecule has 0 bridgehead atoms. The number of carbonyl (C=O) groups excluding carboxylic acids is 1. The van der Waals surface area contributed by atoms with Gasteiger partial charge in [0.2, 0.25) is 11.9 Å². The van der Waals surface area contributed by atoms with Crippen molar-refractivity contribution in [3.05, 3.63) is 6.07 Å².